The van der Waals surface area contributed by atoms with Gasteiger partial charge in [-0.3, -0.25) is 4.79 Å². The molecule has 162 valence electrons. The van der Waals surface area contributed by atoms with Gasteiger partial charge < -0.3 is 24.6 Å². The molecule has 0 aromatic heterocycles. The number of carbonyl (C=O) groups excluding carboxylic acids is 1. The molecule has 1 fully saturated rings. The molecule has 1 unspecified atom stereocenters. The molecule has 1 aliphatic heterocycles. The molecule has 0 bridgehead atoms. The van der Waals surface area contributed by atoms with Crippen LogP contribution >= 0.6 is 0 Å². The molecule has 6 nitrogen and oxygen atoms in total. The van der Waals surface area contributed by atoms with Gasteiger partial charge in [-0.25, -0.2) is 0 Å². The first-order valence-corrected chi connectivity index (χ1v) is 10.7. The smallest absolute Gasteiger partial charge is 0.279 e. The van der Waals surface area contributed by atoms with Crippen LogP contribution in [-0.2, 0) is 11.3 Å². The molecule has 1 saturated heterocycles. The number of nitrogens with zero attached hydrogens (tertiary/aromatic N) is 1. The normalized spacial score (nSPS) is 15.5. The van der Waals surface area contributed by atoms with Crippen LogP contribution < -0.4 is 24.6 Å². The van der Waals surface area contributed by atoms with E-state index in [0.717, 1.165) is 46.7 Å². The van der Waals surface area contributed by atoms with Crippen LogP contribution in [0.3, 0.4) is 0 Å². The Kier molecular flexibility index (Phi) is 7.57. The Morgan fingerprint density at radius 3 is 2.43 bits per heavy atom. The predicted octanol–water partition coefficient (Wildman–Crippen LogP) is 2.59. The van der Waals surface area contributed by atoms with Crippen LogP contribution in [0.1, 0.15) is 25.3 Å². The minimum absolute atomic E-state index is 0.000439. The van der Waals surface area contributed by atoms with Crippen LogP contribution in [-0.4, -0.2) is 46.8 Å². The van der Waals surface area contributed by atoms with E-state index in [2.05, 4.69) is 29.3 Å². The van der Waals surface area contributed by atoms with Crippen molar-refractivity contribution in [1.82, 2.24) is 0 Å². The number of anilines is 2. The highest BCUT2D eigenvalue weighted by molar-refractivity contribution is 5.91. The summed E-state index contributed by atoms with van der Waals surface area (Å²) in [5.41, 5.74) is 3.11. The number of rotatable bonds is 8. The average Bonchev–Trinajstić information content (AvgIpc) is 2.75. The Hall–Kier alpha value is -2.73. The first kappa shape index (κ1) is 22.0. The number of likely N-dealkylation sites (N-methyl/N-ethyl adjacent to an activating group) is 1. The summed E-state index contributed by atoms with van der Waals surface area (Å²) < 4.78 is 10.7. The zero-order valence-corrected chi connectivity index (χ0v) is 18.5. The van der Waals surface area contributed by atoms with Crippen molar-refractivity contribution >= 4 is 17.3 Å². The average molecular weight is 413 g/mol. The lowest BCUT2D eigenvalue weighted by Gasteiger charge is -2.32. The summed E-state index contributed by atoms with van der Waals surface area (Å²) >= 11 is 0. The summed E-state index contributed by atoms with van der Waals surface area (Å²) in [6.45, 7) is 5.60. The van der Waals surface area contributed by atoms with Crippen LogP contribution in [0.5, 0.6) is 11.5 Å². The summed E-state index contributed by atoms with van der Waals surface area (Å²) in [6, 6.07) is 14.0. The van der Waals surface area contributed by atoms with Crippen LogP contribution in [0.15, 0.2) is 42.5 Å². The largest absolute Gasteiger partial charge is 0.497 e. The fraction of sp³-hybridized carbons (Fsp3) is 0.458. The lowest BCUT2D eigenvalue weighted by molar-refractivity contribution is -0.885. The molecule has 1 heterocycles. The van der Waals surface area contributed by atoms with Crippen LogP contribution in [0.25, 0.3) is 0 Å². The Balaban J connectivity index is 1.51. The molecule has 1 atom stereocenters. The van der Waals surface area contributed by atoms with Gasteiger partial charge in [0.2, 0.25) is 0 Å². The second-order valence-corrected chi connectivity index (χ2v) is 8.25. The summed E-state index contributed by atoms with van der Waals surface area (Å²) in [4.78, 5) is 16.0. The third kappa shape index (κ3) is 5.89. The van der Waals surface area contributed by atoms with Gasteiger partial charge in [0.05, 0.1) is 21.3 Å². The van der Waals surface area contributed by atoms with E-state index in [1.54, 1.807) is 14.2 Å². The molecular formula is C24H34N3O3+. The highest BCUT2D eigenvalue weighted by Gasteiger charge is 2.17. The molecule has 2 N–H and O–H groups in total. The number of hydrogen-bond donors (Lipinski definition) is 2. The first-order chi connectivity index (χ1) is 14.5. The molecule has 0 radical (unpaired) electrons. The van der Waals surface area contributed by atoms with Crippen molar-refractivity contribution in [2.45, 2.75) is 26.3 Å². The topological polar surface area (TPSA) is 55.2 Å². The fourth-order valence-electron chi connectivity index (χ4n) is 3.89. The Labute approximate surface area is 179 Å². The maximum absolute atomic E-state index is 12.5. The number of ether oxygens (including phenoxy) is 2. The minimum Gasteiger partial charge on any atom is -0.497 e. The van der Waals surface area contributed by atoms with Gasteiger partial charge in [0, 0.05) is 36.1 Å². The van der Waals surface area contributed by atoms with E-state index in [1.807, 2.05) is 37.4 Å². The van der Waals surface area contributed by atoms with Gasteiger partial charge in [-0.05, 0) is 55.2 Å². The number of methoxy groups -OCH3 is 2. The van der Waals surface area contributed by atoms with Crippen molar-refractivity contribution in [2.24, 2.45) is 5.92 Å². The van der Waals surface area contributed by atoms with E-state index in [1.165, 1.54) is 18.5 Å². The third-order valence-electron chi connectivity index (χ3n) is 5.75. The molecule has 1 amide bonds. The fourth-order valence-corrected chi connectivity index (χ4v) is 3.89. The van der Waals surface area contributed by atoms with Gasteiger partial charge in [-0.1, -0.05) is 6.92 Å². The van der Waals surface area contributed by atoms with Crippen molar-refractivity contribution in [3.05, 3.63) is 48.0 Å². The van der Waals surface area contributed by atoms with E-state index >= 15 is 0 Å². The second-order valence-electron chi connectivity index (χ2n) is 8.25. The van der Waals surface area contributed by atoms with Crippen LogP contribution in [0.4, 0.5) is 11.4 Å². The Morgan fingerprint density at radius 2 is 1.80 bits per heavy atom. The molecule has 1 aliphatic rings. The van der Waals surface area contributed by atoms with Crippen molar-refractivity contribution in [1.29, 1.82) is 0 Å². The summed E-state index contributed by atoms with van der Waals surface area (Å²) in [5.74, 6) is 2.35. The standard InChI is InChI=1S/C24H33N3O3/c1-18-11-13-27(14-12-18)21-8-6-20(7-9-21)25-24(28)17-26(2)16-19-5-10-22(29-3)15-23(19)30-4/h5-10,15,18H,11-14,16-17H2,1-4H3,(H,25,28)/p+1. The maximum Gasteiger partial charge on any atom is 0.279 e. The molecular weight excluding hydrogens is 378 g/mol. The molecule has 0 aliphatic carbocycles. The van der Waals surface area contributed by atoms with Crippen LogP contribution in [0.2, 0.25) is 0 Å². The van der Waals surface area contributed by atoms with E-state index in [9.17, 15) is 4.79 Å². The van der Waals surface area contributed by atoms with Crippen molar-refractivity contribution in [3.63, 3.8) is 0 Å². The zero-order valence-electron chi connectivity index (χ0n) is 18.5. The van der Waals surface area contributed by atoms with Gasteiger partial charge in [0.1, 0.15) is 18.0 Å². The molecule has 30 heavy (non-hydrogen) atoms. The minimum atomic E-state index is -0.000439. The van der Waals surface area contributed by atoms with Gasteiger partial charge in [0.25, 0.3) is 5.91 Å². The van der Waals surface area contributed by atoms with Gasteiger partial charge in [-0.2, -0.15) is 0 Å². The SMILES string of the molecule is COc1ccc(C[NH+](C)CC(=O)Nc2ccc(N3CCC(C)CC3)cc2)c(OC)c1. The molecule has 0 saturated carbocycles. The lowest BCUT2D eigenvalue weighted by Crippen LogP contribution is -3.08. The highest BCUT2D eigenvalue weighted by atomic mass is 16.5. The summed E-state index contributed by atoms with van der Waals surface area (Å²) in [7, 11) is 5.29. The number of carbonyl (C=O) groups is 1. The Bertz CT molecular complexity index is 830. The molecule has 0 spiro atoms. The van der Waals surface area contributed by atoms with Gasteiger partial charge in [0.15, 0.2) is 6.54 Å². The van der Waals surface area contributed by atoms with Gasteiger partial charge in [-0.15, -0.1) is 0 Å². The molecule has 2 aromatic rings. The Morgan fingerprint density at radius 1 is 1.10 bits per heavy atom. The molecule has 2 aromatic carbocycles. The van der Waals surface area contributed by atoms with Crippen molar-refractivity contribution < 1.29 is 19.2 Å². The number of nitrogens with one attached hydrogen (secondary N) is 2. The monoisotopic (exact) mass is 412 g/mol. The molecule has 3 rings (SSSR count). The summed E-state index contributed by atoms with van der Waals surface area (Å²) in [6.07, 6.45) is 2.49. The van der Waals surface area contributed by atoms with E-state index in [4.69, 9.17) is 9.47 Å². The number of hydrogen-bond acceptors (Lipinski definition) is 4. The number of piperidine rings is 1. The lowest BCUT2D eigenvalue weighted by atomic mass is 9.99. The zero-order chi connectivity index (χ0) is 21.5. The number of benzene rings is 2. The second kappa shape index (κ2) is 10.3. The first-order valence-electron chi connectivity index (χ1n) is 10.7. The van der Waals surface area contributed by atoms with Crippen molar-refractivity contribution in [3.8, 4) is 11.5 Å². The molecule has 6 heteroatoms. The number of amides is 1. The summed E-state index contributed by atoms with van der Waals surface area (Å²) in [5, 5.41) is 3.01. The maximum atomic E-state index is 12.5. The van der Waals surface area contributed by atoms with E-state index in [-0.39, 0.29) is 5.91 Å². The van der Waals surface area contributed by atoms with E-state index < -0.39 is 0 Å². The third-order valence-corrected chi connectivity index (χ3v) is 5.75. The van der Waals surface area contributed by atoms with Crippen LogP contribution in [0, 0.1) is 5.92 Å². The highest BCUT2D eigenvalue weighted by Crippen LogP contribution is 2.25. The van der Waals surface area contributed by atoms with Gasteiger partial charge >= 0.3 is 0 Å². The predicted molar refractivity (Wildman–Crippen MR) is 121 cm³/mol. The quantitative estimate of drug-likeness (QED) is 0.700. The van der Waals surface area contributed by atoms with E-state index in [0.29, 0.717) is 13.1 Å². The van der Waals surface area contributed by atoms with Crippen molar-refractivity contribution in [2.75, 3.05) is 51.1 Å². The number of quaternary nitrogens is 1.